The standard InChI is InChI=1S/C12H11NO/c1-4-5-10-9(3)14-12-11(10)7-6-8(2)13-12/h4-7H,1,3H2,2H3/b10-5+. The topological polar surface area (TPSA) is 26.0 Å². The Morgan fingerprint density at radius 1 is 1.43 bits per heavy atom. The van der Waals surface area contributed by atoms with Crippen LogP contribution < -0.4 is 10.6 Å². The largest absolute Gasteiger partial charge is 0.438 e. The van der Waals surface area contributed by atoms with E-state index < -0.39 is 0 Å². The molecule has 0 aliphatic carbocycles. The maximum atomic E-state index is 5.43. The average Bonchev–Trinajstić information content (AvgIpc) is 2.43. The summed E-state index contributed by atoms with van der Waals surface area (Å²) in [5, 5.41) is 1.95. The number of fused-ring (bicyclic) bond motifs is 1. The Bertz CT molecular complexity index is 593. The van der Waals surface area contributed by atoms with Crippen molar-refractivity contribution in [3.8, 4) is 0 Å². The molecule has 2 rings (SSSR count). The molecule has 0 aliphatic heterocycles. The number of hydrogen-bond donors (Lipinski definition) is 0. The molecule has 0 aromatic carbocycles. The first-order valence-electron chi connectivity index (χ1n) is 4.40. The molecule has 0 saturated heterocycles. The van der Waals surface area contributed by atoms with Crippen molar-refractivity contribution in [3.63, 3.8) is 0 Å². The maximum Gasteiger partial charge on any atom is 0.227 e. The molecular formula is C12H11NO. The fourth-order valence-corrected chi connectivity index (χ4v) is 1.44. The Balaban J connectivity index is 2.98. The summed E-state index contributed by atoms with van der Waals surface area (Å²) in [6.07, 6.45) is 3.60. The molecule has 0 saturated carbocycles. The minimum atomic E-state index is 0.637. The van der Waals surface area contributed by atoms with E-state index in [9.17, 15) is 0 Å². The molecular weight excluding hydrogens is 174 g/mol. The van der Waals surface area contributed by atoms with Gasteiger partial charge >= 0.3 is 0 Å². The number of hydrogen-bond acceptors (Lipinski definition) is 2. The number of aryl methyl sites for hydroxylation is 1. The highest BCUT2D eigenvalue weighted by Crippen LogP contribution is 2.05. The second kappa shape index (κ2) is 3.14. The molecule has 2 aromatic rings. The summed E-state index contributed by atoms with van der Waals surface area (Å²) >= 11 is 0. The molecule has 0 atom stereocenters. The van der Waals surface area contributed by atoms with Gasteiger partial charge in [0.15, 0.2) is 0 Å². The van der Waals surface area contributed by atoms with Crippen LogP contribution in [0.4, 0.5) is 0 Å². The van der Waals surface area contributed by atoms with E-state index in [0.717, 1.165) is 16.3 Å². The van der Waals surface area contributed by atoms with Gasteiger partial charge in [-0.2, -0.15) is 0 Å². The highest BCUT2D eigenvalue weighted by Gasteiger charge is 2.01. The predicted molar refractivity (Wildman–Crippen MR) is 58.2 cm³/mol. The van der Waals surface area contributed by atoms with Gasteiger partial charge in [0.25, 0.3) is 0 Å². The zero-order chi connectivity index (χ0) is 10.1. The normalized spacial score (nSPS) is 12.2. The molecule has 0 bridgehead atoms. The van der Waals surface area contributed by atoms with Gasteiger partial charge in [-0.05, 0) is 19.1 Å². The van der Waals surface area contributed by atoms with Crippen LogP contribution in [0.1, 0.15) is 5.69 Å². The number of aromatic nitrogens is 1. The van der Waals surface area contributed by atoms with Crippen molar-refractivity contribution in [2.45, 2.75) is 6.92 Å². The van der Waals surface area contributed by atoms with Gasteiger partial charge in [-0.25, -0.2) is 4.98 Å². The Hall–Kier alpha value is -1.83. The third-order valence-electron chi connectivity index (χ3n) is 2.09. The summed E-state index contributed by atoms with van der Waals surface area (Å²) in [6, 6.07) is 3.95. The molecule has 2 aromatic heterocycles. The van der Waals surface area contributed by atoms with Gasteiger partial charge in [0.05, 0.1) is 0 Å². The highest BCUT2D eigenvalue weighted by atomic mass is 16.3. The molecule has 0 N–H and O–H groups in total. The average molecular weight is 185 g/mol. The van der Waals surface area contributed by atoms with Crippen molar-refractivity contribution in [1.29, 1.82) is 0 Å². The number of pyridine rings is 1. The lowest BCUT2D eigenvalue weighted by Crippen LogP contribution is -2.17. The Morgan fingerprint density at radius 3 is 2.93 bits per heavy atom. The zero-order valence-electron chi connectivity index (χ0n) is 8.08. The van der Waals surface area contributed by atoms with Crippen LogP contribution >= 0.6 is 0 Å². The zero-order valence-corrected chi connectivity index (χ0v) is 8.08. The lowest BCUT2D eigenvalue weighted by atomic mass is 10.2. The van der Waals surface area contributed by atoms with Gasteiger partial charge in [-0.1, -0.05) is 25.3 Å². The quantitative estimate of drug-likeness (QED) is 0.673. The van der Waals surface area contributed by atoms with E-state index in [4.69, 9.17) is 4.42 Å². The smallest absolute Gasteiger partial charge is 0.227 e. The molecule has 2 heterocycles. The molecule has 2 nitrogen and oxygen atoms in total. The maximum absolute atomic E-state index is 5.43. The molecule has 0 amide bonds. The first-order chi connectivity index (χ1) is 6.72. The van der Waals surface area contributed by atoms with Gasteiger partial charge in [-0.15, -0.1) is 0 Å². The van der Waals surface area contributed by atoms with E-state index in [0.29, 0.717) is 11.1 Å². The second-order valence-electron chi connectivity index (χ2n) is 3.15. The van der Waals surface area contributed by atoms with E-state index in [2.05, 4.69) is 18.1 Å². The minimum Gasteiger partial charge on any atom is -0.438 e. The predicted octanol–water partition coefficient (Wildman–Crippen LogP) is 1.51. The number of rotatable bonds is 1. The molecule has 14 heavy (non-hydrogen) atoms. The fraction of sp³-hybridized carbons (Fsp3) is 0.0833. The van der Waals surface area contributed by atoms with Crippen molar-refractivity contribution < 1.29 is 4.42 Å². The van der Waals surface area contributed by atoms with E-state index in [1.54, 1.807) is 6.08 Å². The van der Waals surface area contributed by atoms with Gasteiger partial charge in [0.2, 0.25) is 5.71 Å². The van der Waals surface area contributed by atoms with Gasteiger partial charge < -0.3 is 4.42 Å². The van der Waals surface area contributed by atoms with Crippen LogP contribution in [0.3, 0.4) is 0 Å². The summed E-state index contributed by atoms with van der Waals surface area (Å²) in [5.41, 5.74) is 2.22. The van der Waals surface area contributed by atoms with Crippen LogP contribution in [-0.2, 0) is 0 Å². The van der Waals surface area contributed by atoms with Crippen LogP contribution in [0.5, 0.6) is 0 Å². The first kappa shape index (κ1) is 8.75. The van der Waals surface area contributed by atoms with Gasteiger partial charge in [0, 0.05) is 16.3 Å². The van der Waals surface area contributed by atoms with Crippen molar-refractivity contribution in [3.05, 3.63) is 41.1 Å². The number of allylic oxidation sites excluding steroid dienone is 1. The van der Waals surface area contributed by atoms with Crippen LogP contribution in [0.2, 0.25) is 0 Å². The van der Waals surface area contributed by atoms with Crippen molar-refractivity contribution in [2.24, 2.45) is 0 Å². The van der Waals surface area contributed by atoms with E-state index >= 15 is 0 Å². The molecule has 70 valence electrons. The van der Waals surface area contributed by atoms with Crippen LogP contribution in [0.15, 0.2) is 29.2 Å². The summed E-state index contributed by atoms with van der Waals surface area (Å²) < 4.78 is 5.43. The highest BCUT2D eigenvalue weighted by molar-refractivity contribution is 5.76. The third kappa shape index (κ3) is 1.25. The second-order valence-corrected chi connectivity index (χ2v) is 3.15. The molecule has 2 heteroatoms. The van der Waals surface area contributed by atoms with Crippen molar-refractivity contribution >= 4 is 23.8 Å². The molecule has 0 spiro atoms. The first-order valence-corrected chi connectivity index (χ1v) is 4.40. The summed E-state index contributed by atoms with van der Waals surface area (Å²) in [4.78, 5) is 4.28. The monoisotopic (exact) mass is 185 g/mol. The SMILES string of the molecule is C=C/C=c1\c(=C)oc2nc(C)ccc12. The van der Waals surface area contributed by atoms with Crippen molar-refractivity contribution in [1.82, 2.24) is 4.98 Å². The Kier molecular flexibility index (Phi) is 1.97. The molecule has 0 radical (unpaired) electrons. The van der Waals surface area contributed by atoms with Crippen LogP contribution in [-0.4, -0.2) is 4.98 Å². The van der Waals surface area contributed by atoms with E-state index in [-0.39, 0.29) is 0 Å². The van der Waals surface area contributed by atoms with E-state index in [1.807, 2.05) is 25.1 Å². The Morgan fingerprint density at radius 2 is 2.21 bits per heavy atom. The molecule has 0 aliphatic rings. The molecule has 0 unspecified atom stereocenters. The van der Waals surface area contributed by atoms with E-state index in [1.165, 1.54) is 0 Å². The summed E-state index contributed by atoms with van der Waals surface area (Å²) in [7, 11) is 0. The lowest BCUT2D eigenvalue weighted by molar-refractivity contribution is 0.565. The minimum absolute atomic E-state index is 0.637. The Labute approximate surface area is 81.9 Å². The van der Waals surface area contributed by atoms with Gasteiger partial charge in [-0.3, -0.25) is 0 Å². The number of nitrogens with zero attached hydrogens (tertiary/aromatic N) is 1. The van der Waals surface area contributed by atoms with Crippen LogP contribution in [0.25, 0.3) is 23.8 Å². The van der Waals surface area contributed by atoms with Crippen LogP contribution in [0, 0.1) is 6.92 Å². The van der Waals surface area contributed by atoms with Gasteiger partial charge in [0.1, 0.15) is 5.42 Å². The lowest BCUT2D eigenvalue weighted by Gasteiger charge is -1.89. The number of furan rings is 1. The van der Waals surface area contributed by atoms with Crippen molar-refractivity contribution in [2.75, 3.05) is 0 Å². The fourth-order valence-electron chi connectivity index (χ4n) is 1.44. The summed E-state index contributed by atoms with van der Waals surface area (Å²) in [5.74, 6) is 0. The summed E-state index contributed by atoms with van der Waals surface area (Å²) in [6.45, 7) is 9.41. The third-order valence-corrected chi connectivity index (χ3v) is 2.09. The molecule has 0 fully saturated rings.